The number of carbonyl (C=O) groups excluding carboxylic acids is 1. The predicted molar refractivity (Wildman–Crippen MR) is 95.6 cm³/mol. The van der Waals surface area contributed by atoms with Gasteiger partial charge < -0.3 is 9.80 Å². The van der Waals surface area contributed by atoms with Gasteiger partial charge in [0, 0.05) is 43.5 Å². The third kappa shape index (κ3) is 4.49. The summed E-state index contributed by atoms with van der Waals surface area (Å²) in [5.74, 6) is -1.94. The van der Waals surface area contributed by atoms with Crippen molar-refractivity contribution in [3.63, 3.8) is 0 Å². The fourth-order valence-electron chi connectivity index (χ4n) is 2.99. The Balaban J connectivity index is 1.62. The molecule has 0 spiro atoms. The van der Waals surface area contributed by atoms with Crippen LogP contribution in [0.1, 0.15) is 11.1 Å². The van der Waals surface area contributed by atoms with Crippen LogP contribution in [0.4, 0.5) is 27.6 Å². The van der Waals surface area contributed by atoms with Gasteiger partial charge in [-0.05, 0) is 36.4 Å². The molecule has 2 aromatic rings. The van der Waals surface area contributed by atoms with Gasteiger partial charge in [0.15, 0.2) is 0 Å². The molecule has 0 bridgehead atoms. The van der Waals surface area contributed by atoms with Crippen LogP contribution >= 0.6 is 0 Å². The fourth-order valence-corrected chi connectivity index (χ4v) is 2.99. The van der Waals surface area contributed by atoms with Crippen molar-refractivity contribution in [1.29, 1.82) is 0 Å². The summed E-state index contributed by atoms with van der Waals surface area (Å²) < 4.78 is 65.7. The molecule has 1 aliphatic heterocycles. The zero-order chi connectivity index (χ0) is 20.3. The summed E-state index contributed by atoms with van der Waals surface area (Å²) in [7, 11) is 0. The SMILES string of the molecule is O=C(/C=C/c1c(F)cccc1F)N1CCN(c2cccc(C(F)(F)F)c2)CC1. The Kier molecular flexibility index (Phi) is 5.67. The first-order valence-corrected chi connectivity index (χ1v) is 8.59. The molecule has 0 unspecified atom stereocenters. The van der Waals surface area contributed by atoms with E-state index in [1.54, 1.807) is 11.0 Å². The lowest BCUT2D eigenvalue weighted by Crippen LogP contribution is -2.48. The lowest BCUT2D eigenvalue weighted by molar-refractivity contribution is -0.137. The summed E-state index contributed by atoms with van der Waals surface area (Å²) in [4.78, 5) is 15.5. The predicted octanol–water partition coefficient (Wildman–Crippen LogP) is 4.35. The lowest BCUT2D eigenvalue weighted by Gasteiger charge is -2.35. The van der Waals surface area contributed by atoms with E-state index in [-0.39, 0.29) is 5.56 Å². The van der Waals surface area contributed by atoms with E-state index in [4.69, 9.17) is 0 Å². The third-order valence-corrected chi connectivity index (χ3v) is 4.52. The summed E-state index contributed by atoms with van der Waals surface area (Å²) >= 11 is 0. The van der Waals surface area contributed by atoms with Gasteiger partial charge in [0.05, 0.1) is 5.56 Å². The summed E-state index contributed by atoms with van der Waals surface area (Å²) in [6.45, 7) is 1.29. The minimum atomic E-state index is -4.42. The van der Waals surface area contributed by atoms with Crippen molar-refractivity contribution >= 4 is 17.7 Å². The minimum Gasteiger partial charge on any atom is -0.368 e. The second kappa shape index (κ2) is 8.00. The number of anilines is 1. The summed E-state index contributed by atoms with van der Waals surface area (Å²) in [5, 5.41) is 0. The number of nitrogens with zero attached hydrogens (tertiary/aromatic N) is 2. The Morgan fingerprint density at radius 2 is 1.54 bits per heavy atom. The van der Waals surface area contributed by atoms with Crippen molar-refractivity contribution in [2.75, 3.05) is 31.1 Å². The number of hydrogen-bond donors (Lipinski definition) is 0. The molecule has 1 fully saturated rings. The second-order valence-corrected chi connectivity index (χ2v) is 6.33. The Labute approximate surface area is 158 Å². The molecular formula is C20H17F5N2O. The maximum absolute atomic E-state index is 13.6. The Hall–Kier alpha value is -2.90. The van der Waals surface area contributed by atoms with Crippen molar-refractivity contribution < 1.29 is 26.7 Å². The number of benzene rings is 2. The highest BCUT2D eigenvalue weighted by Crippen LogP contribution is 2.31. The van der Waals surface area contributed by atoms with Crippen LogP contribution in [0.5, 0.6) is 0 Å². The van der Waals surface area contributed by atoms with E-state index < -0.39 is 29.3 Å². The second-order valence-electron chi connectivity index (χ2n) is 6.33. The van der Waals surface area contributed by atoms with Gasteiger partial charge in [-0.2, -0.15) is 13.2 Å². The lowest BCUT2D eigenvalue weighted by atomic mass is 10.1. The molecule has 0 atom stereocenters. The van der Waals surface area contributed by atoms with Gasteiger partial charge in [-0.1, -0.05) is 12.1 Å². The molecule has 1 aliphatic rings. The fraction of sp³-hybridized carbons (Fsp3) is 0.250. The molecule has 3 nitrogen and oxygen atoms in total. The third-order valence-electron chi connectivity index (χ3n) is 4.52. The van der Waals surface area contributed by atoms with Crippen LogP contribution in [0.2, 0.25) is 0 Å². The van der Waals surface area contributed by atoms with Gasteiger partial charge in [-0.25, -0.2) is 8.78 Å². The average Bonchev–Trinajstić information content (AvgIpc) is 2.67. The number of alkyl halides is 3. The molecule has 0 N–H and O–H groups in total. The Morgan fingerprint density at radius 3 is 2.14 bits per heavy atom. The van der Waals surface area contributed by atoms with E-state index in [2.05, 4.69) is 0 Å². The maximum Gasteiger partial charge on any atom is 0.416 e. The van der Waals surface area contributed by atoms with Gasteiger partial charge in [-0.3, -0.25) is 4.79 Å². The molecule has 1 heterocycles. The largest absolute Gasteiger partial charge is 0.416 e. The number of amides is 1. The van der Waals surface area contributed by atoms with E-state index in [1.165, 1.54) is 17.0 Å². The van der Waals surface area contributed by atoms with Crippen LogP contribution in [0.15, 0.2) is 48.5 Å². The molecule has 1 amide bonds. The van der Waals surface area contributed by atoms with Crippen LogP contribution in [0.3, 0.4) is 0 Å². The quantitative estimate of drug-likeness (QED) is 0.569. The zero-order valence-corrected chi connectivity index (χ0v) is 14.7. The van der Waals surface area contributed by atoms with Crippen molar-refractivity contribution in [3.8, 4) is 0 Å². The van der Waals surface area contributed by atoms with Gasteiger partial charge in [0.2, 0.25) is 5.91 Å². The Morgan fingerprint density at radius 1 is 0.929 bits per heavy atom. The molecule has 2 aromatic carbocycles. The highest BCUT2D eigenvalue weighted by atomic mass is 19.4. The van der Waals surface area contributed by atoms with Crippen molar-refractivity contribution in [2.24, 2.45) is 0 Å². The number of rotatable bonds is 3. The first-order valence-electron chi connectivity index (χ1n) is 8.59. The molecule has 0 saturated carbocycles. The van der Waals surface area contributed by atoms with Crippen molar-refractivity contribution in [3.05, 3.63) is 71.3 Å². The van der Waals surface area contributed by atoms with E-state index in [9.17, 15) is 26.7 Å². The molecule has 148 valence electrons. The Bertz CT molecular complexity index is 866. The molecule has 28 heavy (non-hydrogen) atoms. The number of carbonyl (C=O) groups is 1. The molecule has 0 aromatic heterocycles. The van der Waals surface area contributed by atoms with Crippen LogP contribution in [0.25, 0.3) is 6.08 Å². The van der Waals surface area contributed by atoms with Gasteiger partial charge in [0.1, 0.15) is 11.6 Å². The van der Waals surface area contributed by atoms with Crippen LogP contribution in [0, 0.1) is 11.6 Å². The number of piperazine rings is 1. The molecule has 0 aliphatic carbocycles. The normalized spacial score (nSPS) is 15.3. The van der Waals surface area contributed by atoms with E-state index >= 15 is 0 Å². The summed E-state index contributed by atoms with van der Waals surface area (Å²) in [6, 6.07) is 8.46. The van der Waals surface area contributed by atoms with Crippen LogP contribution in [-0.2, 0) is 11.0 Å². The standard InChI is InChI=1S/C20H17F5N2O/c21-17-5-2-6-18(22)16(17)7-8-19(28)27-11-9-26(10-12-27)15-4-1-3-14(13-15)20(23,24)25/h1-8,13H,9-12H2/b8-7+. The molecule has 3 rings (SSSR count). The number of hydrogen-bond acceptors (Lipinski definition) is 2. The topological polar surface area (TPSA) is 23.6 Å². The van der Waals surface area contributed by atoms with E-state index in [0.29, 0.717) is 31.9 Å². The first kappa shape index (κ1) is 19.9. The van der Waals surface area contributed by atoms with Gasteiger partial charge >= 0.3 is 6.18 Å². The average molecular weight is 396 g/mol. The van der Waals surface area contributed by atoms with Crippen LogP contribution in [-0.4, -0.2) is 37.0 Å². The highest BCUT2D eigenvalue weighted by Gasteiger charge is 2.31. The van der Waals surface area contributed by atoms with E-state index in [0.717, 1.165) is 36.4 Å². The summed E-state index contributed by atoms with van der Waals surface area (Å²) in [6.07, 6.45) is -2.23. The zero-order valence-electron chi connectivity index (χ0n) is 14.7. The first-order chi connectivity index (χ1) is 13.3. The maximum atomic E-state index is 13.6. The van der Waals surface area contributed by atoms with Crippen LogP contribution < -0.4 is 4.90 Å². The highest BCUT2D eigenvalue weighted by molar-refractivity contribution is 5.92. The van der Waals surface area contributed by atoms with Gasteiger partial charge in [-0.15, -0.1) is 0 Å². The molecule has 8 heteroatoms. The minimum absolute atomic E-state index is 0.291. The summed E-state index contributed by atoms with van der Waals surface area (Å²) in [5.41, 5.74) is -0.581. The van der Waals surface area contributed by atoms with Crippen molar-refractivity contribution in [2.45, 2.75) is 6.18 Å². The molecule has 0 radical (unpaired) electrons. The van der Waals surface area contributed by atoms with Gasteiger partial charge in [0.25, 0.3) is 0 Å². The smallest absolute Gasteiger partial charge is 0.368 e. The monoisotopic (exact) mass is 396 g/mol. The molecule has 1 saturated heterocycles. The van der Waals surface area contributed by atoms with E-state index in [1.807, 2.05) is 0 Å². The number of halogens is 5. The van der Waals surface area contributed by atoms with Crippen molar-refractivity contribution in [1.82, 2.24) is 4.90 Å². The molecular weight excluding hydrogens is 379 g/mol.